The predicted octanol–water partition coefficient (Wildman–Crippen LogP) is 2.21. The number of aryl methyl sites for hydroxylation is 1. The number of fused-ring (bicyclic) bond motifs is 1. The Bertz CT molecular complexity index is 538. The zero-order chi connectivity index (χ0) is 11.0. The maximum atomic E-state index is 4.55. The number of aromatic nitrogens is 2. The molecule has 0 spiro atoms. The molecule has 0 radical (unpaired) electrons. The van der Waals surface area contributed by atoms with Gasteiger partial charge in [-0.1, -0.05) is 30.3 Å². The Morgan fingerprint density at radius 1 is 1.19 bits per heavy atom. The van der Waals surface area contributed by atoms with Crippen molar-refractivity contribution in [3.8, 4) is 0 Å². The third-order valence-corrected chi connectivity index (χ3v) is 2.76. The molecule has 2 heterocycles. The quantitative estimate of drug-likeness (QED) is 0.759. The molecule has 16 heavy (non-hydrogen) atoms. The van der Waals surface area contributed by atoms with Gasteiger partial charge in [0.2, 0.25) is 0 Å². The van der Waals surface area contributed by atoms with Crippen molar-refractivity contribution in [1.82, 2.24) is 15.3 Å². The maximum absolute atomic E-state index is 4.55. The van der Waals surface area contributed by atoms with Crippen LogP contribution in [0.15, 0.2) is 36.5 Å². The Balaban J connectivity index is 2.12. The number of hydrogen-bond acceptors (Lipinski definition) is 2. The highest BCUT2D eigenvalue weighted by Crippen LogP contribution is 2.26. The Morgan fingerprint density at radius 2 is 2.00 bits per heavy atom. The smallest absolute Gasteiger partial charge is 0.103 e. The van der Waals surface area contributed by atoms with Crippen LogP contribution in [0.5, 0.6) is 0 Å². The predicted molar refractivity (Wildman–Crippen MR) is 63.7 cm³/mol. The van der Waals surface area contributed by atoms with Crippen LogP contribution in [-0.2, 0) is 6.54 Å². The lowest BCUT2D eigenvalue weighted by molar-refractivity contribution is 0.825. The van der Waals surface area contributed by atoms with E-state index in [-0.39, 0.29) is 0 Å². The molecule has 1 aliphatic heterocycles. The standard InChI is InChI=1S/C13H13N3/c1-9-15-12-8-14-7-11(13(12)16-9)10-5-3-2-4-6-10/h2-7,14H,8H2,1H3,(H,15,16). The van der Waals surface area contributed by atoms with E-state index in [0.29, 0.717) is 0 Å². The Hall–Kier alpha value is -2.03. The van der Waals surface area contributed by atoms with Gasteiger partial charge in [0.1, 0.15) is 5.82 Å². The van der Waals surface area contributed by atoms with Gasteiger partial charge in [-0.15, -0.1) is 0 Å². The summed E-state index contributed by atoms with van der Waals surface area (Å²) >= 11 is 0. The minimum absolute atomic E-state index is 0.826. The van der Waals surface area contributed by atoms with Gasteiger partial charge in [0.05, 0.1) is 17.9 Å². The first kappa shape index (κ1) is 9.21. The van der Waals surface area contributed by atoms with E-state index in [2.05, 4.69) is 27.4 Å². The summed E-state index contributed by atoms with van der Waals surface area (Å²) in [5.41, 5.74) is 4.59. The molecule has 3 heteroatoms. The summed E-state index contributed by atoms with van der Waals surface area (Å²) in [6, 6.07) is 10.3. The van der Waals surface area contributed by atoms with Crippen molar-refractivity contribution in [1.29, 1.82) is 0 Å². The van der Waals surface area contributed by atoms with Gasteiger partial charge in [0, 0.05) is 11.8 Å². The monoisotopic (exact) mass is 211 g/mol. The zero-order valence-corrected chi connectivity index (χ0v) is 9.12. The van der Waals surface area contributed by atoms with Crippen molar-refractivity contribution in [2.45, 2.75) is 13.5 Å². The van der Waals surface area contributed by atoms with Gasteiger partial charge in [-0.2, -0.15) is 0 Å². The second kappa shape index (κ2) is 3.52. The molecule has 3 nitrogen and oxygen atoms in total. The van der Waals surface area contributed by atoms with Crippen LogP contribution in [0, 0.1) is 6.92 Å². The van der Waals surface area contributed by atoms with E-state index in [4.69, 9.17) is 0 Å². The van der Waals surface area contributed by atoms with Gasteiger partial charge < -0.3 is 10.3 Å². The molecule has 1 aromatic carbocycles. The lowest BCUT2D eigenvalue weighted by atomic mass is 10.0. The van der Waals surface area contributed by atoms with Crippen LogP contribution < -0.4 is 5.32 Å². The molecule has 0 atom stereocenters. The maximum Gasteiger partial charge on any atom is 0.103 e. The van der Waals surface area contributed by atoms with Crippen molar-refractivity contribution < 1.29 is 0 Å². The number of benzene rings is 1. The average Bonchev–Trinajstić information content (AvgIpc) is 2.70. The largest absolute Gasteiger partial charge is 0.385 e. The first-order valence-electron chi connectivity index (χ1n) is 5.39. The minimum Gasteiger partial charge on any atom is -0.385 e. The van der Waals surface area contributed by atoms with Crippen LogP contribution in [-0.4, -0.2) is 9.97 Å². The van der Waals surface area contributed by atoms with E-state index in [1.165, 1.54) is 11.3 Å². The van der Waals surface area contributed by atoms with Crippen molar-refractivity contribution in [2.24, 2.45) is 0 Å². The summed E-state index contributed by atoms with van der Waals surface area (Å²) in [4.78, 5) is 7.83. The fourth-order valence-electron chi connectivity index (χ4n) is 2.05. The molecule has 80 valence electrons. The molecular weight excluding hydrogens is 198 g/mol. The van der Waals surface area contributed by atoms with Gasteiger partial charge in [-0.05, 0) is 12.5 Å². The first-order valence-corrected chi connectivity index (χ1v) is 5.39. The van der Waals surface area contributed by atoms with Gasteiger partial charge in [0.25, 0.3) is 0 Å². The molecule has 0 saturated carbocycles. The molecule has 2 N–H and O–H groups in total. The zero-order valence-electron chi connectivity index (χ0n) is 9.12. The van der Waals surface area contributed by atoms with Crippen molar-refractivity contribution in [3.05, 3.63) is 59.3 Å². The van der Waals surface area contributed by atoms with Crippen molar-refractivity contribution >= 4 is 5.57 Å². The van der Waals surface area contributed by atoms with E-state index in [9.17, 15) is 0 Å². The van der Waals surface area contributed by atoms with E-state index in [1.54, 1.807) is 0 Å². The number of imidazole rings is 1. The SMILES string of the molecule is Cc1nc2c([nH]1)CNC=C2c1ccccc1. The number of H-pyrrole nitrogens is 1. The Morgan fingerprint density at radius 3 is 2.81 bits per heavy atom. The third kappa shape index (κ3) is 1.41. The highest BCUT2D eigenvalue weighted by Gasteiger charge is 2.17. The van der Waals surface area contributed by atoms with E-state index in [0.717, 1.165) is 23.6 Å². The number of nitrogens with zero attached hydrogens (tertiary/aromatic N) is 1. The van der Waals surface area contributed by atoms with Gasteiger partial charge in [-0.3, -0.25) is 0 Å². The molecule has 0 fully saturated rings. The molecule has 0 aliphatic carbocycles. The molecule has 0 unspecified atom stereocenters. The molecule has 1 aliphatic rings. The summed E-state index contributed by atoms with van der Waals surface area (Å²) in [5.74, 6) is 0.968. The number of hydrogen-bond donors (Lipinski definition) is 2. The van der Waals surface area contributed by atoms with Gasteiger partial charge in [0.15, 0.2) is 0 Å². The summed E-state index contributed by atoms with van der Waals surface area (Å²) in [6.45, 7) is 2.81. The van der Waals surface area contributed by atoms with Crippen molar-refractivity contribution in [3.63, 3.8) is 0 Å². The molecule has 2 aromatic rings. The summed E-state index contributed by atoms with van der Waals surface area (Å²) in [6.07, 6.45) is 2.04. The summed E-state index contributed by atoms with van der Waals surface area (Å²) in [7, 11) is 0. The normalized spacial score (nSPS) is 13.9. The number of aromatic amines is 1. The van der Waals surface area contributed by atoms with Crippen LogP contribution in [0.2, 0.25) is 0 Å². The second-order valence-corrected chi connectivity index (χ2v) is 3.95. The fourth-order valence-corrected chi connectivity index (χ4v) is 2.05. The lowest BCUT2D eigenvalue weighted by Gasteiger charge is -2.14. The lowest BCUT2D eigenvalue weighted by Crippen LogP contribution is -2.13. The van der Waals surface area contributed by atoms with Crippen molar-refractivity contribution in [2.75, 3.05) is 0 Å². The number of nitrogens with one attached hydrogen (secondary N) is 2. The molecule has 0 saturated heterocycles. The first-order chi connectivity index (χ1) is 7.84. The van der Waals surface area contributed by atoms with Gasteiger partial charge in [-0.25, -0.2) is 4.98 Å². The third-order valence-electron chi connectivity index (χ3n) is 2.76. The highest BCUT2D eigenvalue weighted by molar-refractivity contribution is 5.79. The van der Waals surface area contributed by atoms with Gasteiger partial charge >= 0.3 is 0 Å². The molecule has 3 rings (SSSR count). The molecule has 0 amide bonds. The fraction of sp³-hybridized carbons (Fsp3) is 0.154. The minimum atomic E-state index is 0.826. The van der Waals surface area contributed by atoms with Crippen LogP contribution in [0.3, 0.4) is 0 Å². The van der Waals surface area contributed by atoms with E-state index in [1.807, 2.05) is 31.3 Å². The summed E-state index contributed by atoms with van der Waals surface area (Å²) < 4.78 is 0. The number of rotatable bonds is 1. The average molecular weight is 211 g/mol. The highest BCUT2D eigenvalue weighted by atomic mass is 15.0. The molecular formula is C13H13N3. The van der Waals surface area contributed by atoms with E-state index < -0.39 is 0 Å². The van der Waals surface area contributed by atoms with E-state index >= 15 is 0 Å². The van der Waals surface area contributed by atoms with Crippen LogP contribution in [0.1, 0.15) is 22.8 Å². The Kier molecular flexibility index (Phi) is 2.03. The topological polar surface area (TPSA) is 40.7 Å². The molecule has 0 bridgehead atoms. The van der Waals surface area contributed by atoms with Crippen LogP contribution in [0.25, 0.3) is 5.57 Å². The second-order valence-electron chi connectivity index (χ2n) is 3.95. The summed E-state index contributed by atoms with van der Waals surface area (Å²) in [5, 5.41) is 3.27. The van der Waals surface area contributed by atoms with Crippen LogP contribution in [0.4, 0.5) is 0 Å². The molecule has 1 aromatic heterocycles. The Labute approximate surface area is 94.2 Å². The van der Waals surface area contributed by atoms with Crippen LogP contribution >= 0.6 is 0 Å².